The molecule has 0 aromatic rings. The summed E-state index contributed by atoms with van der Waals surface area (Å²) in [6.07, 6.45) is 0. The SMILES string of the molecule is C=C(C)/C(Cl)=C(\C)NCC(C)C. The second-order valence-corrected chi connectivity index (χ2v) is 3.87. The van der Waals surface area contributed by atoms with Crippen molar-refractivity contribution in [1.82, 2.24) is 5.32 Å². The van der Waals surface area contributed by atoms with Crippen LogP contribution in [0.1, 0.15) is 27.7 Å². The van der Waals surface area contributed by atoms with Crippen molar-refractivity contribution in [3.05, 3.63) is 22.9 Å². The highest BCUT2D eigenvalue weighted by Gasteiger charge is 2.00. The molecule has 2 heteroatoms. The first-order chi connectivity index (χ1) is 5.45. The highest BCUT2D eigenvalue weighted by atomic mass is 35.5. The standard InChI is InChI=1S/C10H18ClN/c1-7(2)6-12-9(5)10(11)8(3)4/h7,12H,3,6H2,1-2,4-5H3/b10-9-. The van der Waals surface area contributed by atoms with Crippen molar-refractivity contribution in [2.24, 2.45) is 5.92 Å². The number of allylic oxidation sites excluding steroid dienone is 3. The Hall–Kier alpha value is -0.430. The van der Waals surface area contributed by atoms with Gasteiger partial charge in [0.15, 0.2) is 0 Å². The van der Waals surface area contributed by atoms with Crippen LogP contribution in [-0.2, 0) is 0 Å². The molecule has 70 valence electrons. The quantitative estimate of drug-likeness (QED) is 0.667. The third-order valence-corrected chi connectivity index (χ3v) is 2.09. The van der Waals surface area contributed by atoms with E-state index in [1.807, 2.05) is 13.8 Å². The Bertz CT molecular complexity index is 192. The molecule has 0 aliphatic carbocycles. The molecule has 0 saturated heterocycles. The first kappa shape index (κ1) is 11.6. The lowest BCUT2D eigenvalue weighted by Crippen LogP contribution is -2.18. The second-order valence-electron chi connectivity index (χ2n) is 3.49. The zero-order valence-corrected chi connectivity index (χ0v) is 9.13. The molecule has 0 aromatic carbocycles. The average Bonchev–Trinajstić information content (AvgIpc) is 1.98. The zero-order chi connectivity index (χ0) is 9.72. The average molecular weight is 188 g/mol. The summed E-state index contributed by atoms with van der Waals surface area (Å²) in [4.78, 5) is 0. The van der Waals surface area contributed by atoms with Crippen LogP contribution in [-0.4, -0.2) is 6.54 Å². The van der Waals surface area contributed by atoms with E-state index in [0.29, 0.717) is 5.92 Å². The van der Waals surface area contributed by atoms with Crippen LogP contribution in [0.3, 0.4) is 0 Å². The molecular weight excluding hydrogens is 170 g/mol. The third-order valence-electron chi connectivity index (χ3n) is 1.48. The molecule has 12 heavy (non-hydrogen) atoms. The Morgan fingerprint density at radius 3 is 2.25 bits per heavy atom. The molecule has 1 nitrogen and oxygen atoms in total. The van der Waals surface area contributed by atoms with E-state index in [2.05, 4.69) is 25.7 Å². The van der Waals surface area contributed by atoms with E-state index in [4.69, 9.17) is 11.6 Å². The molecule has 0 aliphatic rings. The minimum Gasteiger partial charge on any atom is -0.387 e. The molecule has 0 atom stereocenters. The smallest absolute Gasteiger partial charge is 0.0615 e. The van der Waals surface area contributed by atoms with Gasteiger partial charge in [-0.3, -0.25) is 0 Å². The summed E-state index contributed by atoms with van der Waals surface area (Å²) in [6.45, 7) is 12.9. The highest BCUT2D eigenvalue weighted by Crippen LogP contribution is 2.15. The number of halogens is 1. The van der Waals surface area contributed by atoms with E-state index < -0.39 is 0 Å². The van der Waals surface area contributed by atoms with E-state index in [9.17, 15) is 0 Å². The lowest BCUT2D eigenvalue weighted by atomic mass is 10.2. The summed E-state index contributed by atoms with van der Waals surface area (Å²) >= 11 is 5.97. The minimum atomic E-state index is 0.634. The topological polar surface area (TPSA) is 12.0 Å². The van der Waals surface area contributed by atoms with Crippen LogP contribution in [0.4, 0.5) is 0 Å². The van der Waals surface area contributed by atoms with Crippen molar-refractivity contribution >= 4 is 11.6 Å². The largest absolute Gasteiger partial charge is 0.387 e. The van der Waals surface area contributed by atoms with E-state index in [1.54, 1.807) is 0 Å². The lowest BCUT2D eigenvalue weighted by molar-refractivity contribution is 0.595. The molecule has 0 aliphatic heterocycles. The van der Waals surface area contributed by atoms with Crippen LogP contribution >= 0.6 is 11.6 Å². The van der Waals surface area contributed by atoms with Crippen LogP contribution in [0.25, 0.3) is 0 Å². The Kier molecular flexibility index (Phi) is 5.07. The normalized spacial score (nSPS) is 12.8. The molecule has 0 radical (unpaired) electrons. The van der Waals surface area contributed by atoms with Crippen molar-refractivity contribution in [2.45, 2.75) is 27.7 Å². The highest BCUT2D eigenvalue weighted by molar-refractivity contribution is 6.32. The van der Waals surface area contributed by atoms with Crippen molar-refractivity contribution < 1.29 is 0 Å². The number of nitrogens with one attached hydrogen (secondary N) is 1. The van der Waals surface area contributed by atoms with Gasteiger partial charge in [-0.25, -0.2) is 0 Å². The first-order valence-corrected chi connectivity index (χ1v) is 4.59. The predicted octanol–water partition coefficient (Wildman–Crippen LogP) is 3.28. The van der Waals surface area contributed by atoms with Gasteiger partial charge >= 0.3 is 0 Å². The molecule has 0 saturated carbocycles. The predicted molar refractivity (Wildman–Crippen MR) is 56.2 cm³/mol. The lowest BCUT2D eigenvalue weighted by Gasteiger charge is -2.11. The van der Waals surface area contributed by atoms with Crippen LogP contribution in [0.15, 0.2) is 22.9 Å². The van der Waals surface area contributed by atoms with Gasteiger partial charge in [-0.2, -0.15) is 0 Å². The third kappa shape index (κ3) is 4.45. The molecule has 0 bridgehead atoms. The van der Waals surface area contributed by atoms with Crippen molar-refractivity contribution in [3.63, 3.8) is 0 Å². The molecule has 0 fully saturated rings. The van der Waals surface area contributed by atoms with Gasteiger partial charge in [0.1, 0.15) is 0 Å². The van der Waals surface area contributed by atoms with Crippen LogP contribution in [0.5, 0.6) is 0 Å². The van der Waals surface area contributed by atoms with E-state index in [0.717, 1.165) is 22.8 Å². The second kappa shape index (κ2) is 5.26. The van der Waals surface area contributed by atoms with Gasteiger partial charge in [0.05, 0.1) is 5.03 Å². The number of hydrogen-bond acceptors (Lipinski definition) is 1. The van der Waals surface area contributed by atoms with Crippen LogP contribution in [0, 0.1) is 5.92 Å². The van der Waals surface area contributed by atoms with Crippen LogP contribution < -0.4 is 5.32 Å². The van der Waals surface area contributed by atoms with Gasteiger partial charge < -0.3 is 5.32 Å². The monoisotopic (exact) mass is 187 g/mol. The van der Waals surface area contributed by atoms with Gasteiger partial charge in [-0.05, 0) is 25.3 Å². The molecule has 0 unspecified atom stereocenters. The number of rotatable bonds is 4. The maximum absolute atomic E-state index is 5.97. The number of hydrogen-bond donors (Lipinski definition) is 1. The fourth-order valence-corrected chi connectivity index (χ4v) is 0.822. The van der Waals surface area contributed by atoms with Crippen molar-refractivity contribution in [1.29, 1.82) is 0 Å². The van der Waals surface area contributed by atoms with Gasteiger partial charge in [0, 0.05) is 12.2 Å². The molecule has 0 rings (SSSR count). The Labute approximate surface area is 80.5 Å². The summed E-state index contributed by atoms with van der Waals surface area (Å²) < 4.78 is 0. The maximum Gasteiger partial charge on any atom is 0.0615 e. The Morgan fingerprint density at radius 2 is 1.92 bits per heavy atom. The maximum atomic E-state index is 5.97. The molecule has 0 heterocycles. The summed E-state index contributed by atoms with van der Waals surface area (Å²) in [5.41, 5.74) is 1.92. The summed E-state index contributed by atoms with van der Waals surface area (Å²) in [6, 6.07) is 0. The van der Waals surface area contributed by atoms with E-state index in [1.165, 1.54) is 0 Å². The summed E-state index contributed by atoms with van der Waals surface area (Å²) in [7, 11) is 0. The van der Waals surface area contributed by atoms with E-state index >= 15 is 0 Å². The van der Waals surface area contributed by atoms with Gasteiger partial charge in [-0.15, -0.1) is 0 Å². The molecule has 0 aromatic heterocycles. The summed E-state index contributed by atoms with van der Waals surface area (Å²) in [5, 5.41) is 4.00. The van der Waals surface area contributed by atoms with Gasteiger partial charge in [0.2, 0.25) is 0 Å². The Balaban J connectivity index is 4.09. The van der Waals surface area contributed by atoms with Crippen LogP contribution in [0.2, 0.25) is 0 Å². The molecule has 1 N–H and O–H groups in total. The molecular formula is C10H18ClN. The zero-order valence-electron chi connectivity index (χ0n) is 8.37. The summed E-state index contributed by atoms with van der Waals surface area (Å²) in [5.74, 6) is 0.634. The van der Waals surface area contributed by atoms with Gasteiger partial charge in [0.25, 0.3) is 0 Å². The van der Waals surface area contributed by atoms with Gasteiger partial charge in [-0.1, -0.05) is 32.0 Å². The fraction of sp³-hybridized carbons (Fsp3) is 0.600. The van der Waals surface area contributed by atoms with E-state index in [-0.39, 0.29) is 0 Å². The minimum absolute atomic E-state index is 0.634. The molecule has 0 spiro atoms. The van der Waals surface area contributed by atoms with Crippen molar-refractivity contribution in [3.8, 4) is 0 Å². The van der Waals surface area contributed by atoms with Crippen molar-refractivity contribution in [2.75, 3.05) is 6.54 Å². The molecule has 0 amide bonds. The first-order valence-electron chi connectivity index (χ1n) is 4.21. The fourth-order valence-electron chi connectivity index (χ4n) is 0.755. The Morgan fingerprint density at radius 1 is 1.42 bits per heavy atom.